The van der Waals surface area contributed by atoms with Gasteiger partial charge in [-0.3, -0.25) is 14.2 Å². The number of carbonyl (C=O) groups is 1. The van der Waals surface area contributed by atoms with Crippen LogP contribution in [0.2, 0.25) is 0 Å². The molecule has 0 aromatic carbocycles. The number of hydrogen-bond acceptors (Lipinski definition) is 7. The largest absolute Gasteiger partial charge is 0.337 e. The lowest BCUT2D eigenvalue weighted by molar-refractivity contribution is 0.0750. The minimum atomic E-state index is -0.101. The molecule has 27 heavy (non-hydrogen) atoms. The fourth-order valence-corrected chi connectivity index (χ4v) is 4.46. The van der Waals surface area contributed by atoms with Crippen molar-refractivity contribution in [3.8, 4) is 0 Å². The van der Waals surface area contributed by atoms with E-state index in [2.05, 4.69) is 19.9 Å². The first-order chi connectivity index (χ1) is 13.0. The molecule has 140 valence electrons. The number of aryl methyl sites for hydroxylation is 2. The Morgan fingerprint density at radius 1 is 1.11 bits per heavy atom. The second-order valence-corrected chi connectivity index (χ2v) is 7.59. The minimum Gasteiger partial charge on any atom is -0.337 e. The van der Waals surface area contributed by atoms with E-state index in [4.69, 9.17) is 0 Å². The van der Waals surface area contributed by atoms with Gasteiger partial charge in [-0.15, -0.1) is 11.3 Å². The van der Waals surface area contributed by atoms with Gasteiger partial charge in [0.15, 0.2) is 0 Å². The molecule has 3 aromatic heterocycles. The van der Waals surface area contributed by atoms with Gasteiger partial charge in [-0.05, 0) is 25.5 Å². The van der Waals surface area contributed by atoms with Crippen molar-refractivity contribution >= 4 is 33.4 Å². The quantitative estimate of drug-likeness (QED) is 0.663. The molecule has 0 aliphatic carbocycles. The molecule has 1 aliphatic heterocycles. The summed E-state index contributed by atoms with van der Waals surface area (Å²) in [5.41, 5.74) is 0.623. The van der Waals surface area contributed by atoms with Crippen LogP contribution in [0.4, 0.5) is 5.95 Å². The molecule has 9 heteroatoms. The molecule has 0 spiro atoms. The molecule has 0 bridgehead atoms. The monoisotopic (exact) mass is 384 g/mol. The molecule has 8 nitrogen and oxygen atoms in total. The van der Waals surface area contributed by atoms with E-state index < -0.39 is 0 Å². The standard InChI is InChI=1S/C18H20N6O2S/c1-11-13-15(21-12(2)22(3)16(13)25)27-14(11)17(26)23-7-9-24(10-8-23)18-19-5-4-6-20-18/h4-6H,7-10H2,1-3H3. The number of nitrogens with zero attached hydrogens (tertiary/aromatic N) is 6. The number of carbonyl (C=O) groups excluding carboxylic acids is 1. The SMILES string of the molecule is Cc1c(C(=O)N2CCN(c3ncccn3)CC2)sc2nc(C)n(C)c(=O)c12. The van der Waals surface area contributed by atoms with Crippen LogP contribution < -0.4 is 10.5 Å². The smallest absolute Gasteiger partial charge is 0.264 e. The summed E-state index contributed by atoms with van der Waals surface area (Å²) in [6, 6.07) is 1.79. The van der Waals surface area contributed by atoms with Gasteiger partial charge in [0.1, 0.15) is 10.7 Å². The Morgan fingerprint density at radius 3 is 2.44 bits per heavy atom. The molecule has 1 amide bonds. The third kappa shape index (κ3) is 2.97. The predicted octanol–water partition coefficient (Wildman–Crippen LogP) is 1.36. The highest BCUT2D eigenvalue weighted by Gasteiger charge is 2.27. The first kappa shape index (κ1) is 17.6. The Labute approximate surface area is 160 Å². The third-order valence-corrected chi connectivity index (χ3v) is 6.17. The van der Waals surface area contributed by atoms with Gasteiger partial charge in [-0.2, -0.15) is 0 Å². The normalized spacial score (nSPS) is 14.8. The molecule has 4 rings (SSSR count). The van der Waals surface area contributed by atoms with E-state index >= 15 is 0 Å². The molecule has 1 saturated heterocycles. The van der Waals surface area contributed by atoms with E-state index in [0.717, 1.165) is 5.56 Å². The highest BCUT2D eigenvalue weighted by molar-refractivity contribution is 7.20. The number of rotatable bonds is 2. The zero-order valence-corrected chi connectivity index (χ0v) is 16.3. The average Bonchev–Trinajstić information content (AvgIpc) is 3.02. The lowest BCUT2D eigenvalue weighted by Crippen LogP contribution is -2.49. The van der Waals surface area contributed by atoms with Gasteiger partial charge in [-0.25, -0.2) is 15.0 Å². The minimum absolute atomic E-state index is 0.0381. The van der Waals surface area contributed by atoms with Crippen LogP contribution in [0.5, 0.6) is 0 Å². The van der Waals surface area contributed by atoms with Crippen LogP contribution in [-0.2, 0) is 7.05 Å². The summed E-state index contributed by atoms with van der Waals surface area (Å²) in [5, 5.41) is 0.549. The number of aromatic nitrogens is 4. The zero-order valence-electron chi connectivity index (χ0n) is 15.5. The Hall–Kier alpha value is -2.81. The molecule has 0 saturated carbocycles. The summed E-state index contributed by atoms with van der Waals surface area (Å²) in [7, 11) is 1.70. The second kappa shape index (κ2) is 6.73. The summed E-state index contributed by atoms with van der Waals surface area (Å²) in [6.45, 7) is 6.17. The van der Waals surface area contributed by atoms with Gasteiger partial charge < -0.3 is 9.80 Å². The van der Waals surface area contributed by atoms with E-state index in [0.29, 0.717) is 53.0 Å². The first-order valence-electron chi connectivity index (χ1n) is 8.75. The van der Waals surface area contributed by atoms with E-state index in [1.807, 2.05) is 11.8 Å². The molecule has 0 radical (unpaired) electrons. The van der Waals surface area contributed by atoms with Gasteiger partial charge in [0, 0.05) is 45.6 Å². The Balaban J connectivity index is 1.58. The summed E-state index contributed by atoms with van der Waals surface area (Å²) >= 11 is 1.31. The molecular weight excluding hydrogens is 364 g/mol. The van der Waals surface area contributed by atoms with Crippen LogP contribution in [0, 0.1) is 13.8 Å². The molecule has 0 N–H and O–H groups in total. The van der Waals surface area contributed by atoms with Crippen molar-refractivity contribution in [2.75, 3.05) is 31.1 Å². The molecule has 0 unspecified atom stereocenters. The topological polar surface area (TPSA) is 84.2 Å². The predicted molar refractivity (Wildman–Crippen MR) is 104 cm³/mol. The van der Waals surface area contributed by atoms with Crippen molar-refractivity contribution in [2.24, 2.45) is 7.05 Å². The maximum Gasteiger partial charge on any atom is 0.264 e. The van der Waals surface area contributed by atoms with Crippen molar-refractivity contribution in [3.05, 3.63) is 45.1 Å². The number of fused-ring (bicyclic) bond motifs is 1. The lowest BCUT2D eigenvalue weighted by Gasteiger charge is -2.34. The number of thiophene rings is 1. The van der Waals surface area contributed by atoms with Crippen molar-refractivity contribution in [3.63, 3.8) is 0 Å². The maximum absolute atomic E-state index is 13.1. The van der Waals surface area contributed by atoms with E-state index in [1.165, 1.54) is 15.9 Å². The summed E-state index contributed by atoms with van der Waals surface area (Å²) in [4.78, 5) is 43.8. The van der Waals surface area contributed by atoms with Crippen LogP contribution in [0.3, 0.4) is 0 Å². The van der Waals surface area contributed by atoms with E-state index in [9.17, 15) is 9.59 Å². The van der Waals surface area contributed by atoms with Crippen molar-refractivity contribution in [2.45, 2.75) is 13.8 Å². The summed E-state index contributed by atoms with van der Waals surface area (Å²) < 4.78 is 1.52. The highest BCUT2D eigenvalue weighted by Crippen LogP contribution is 2.28. The Morgan fingerprint density at radius 2 is 1.78 bits per heavy atom. The summed E-state index contributed by atoms with van der Waals surface area (Å²) in [5.74, 6) is 1.29. The fourth-order valence-electron chi connectivity index (χ4n) is 3.28. The fraction of sp³-hybridized carbons (Fsp3) is 0.389. The molecule has 4 heterocycles. The first-order valence-corrected chi connectivity index (χ1v) is 9.57. The zero-order chi connectivity index (χ0) is 19.1. The summed E-state index contributed by atoms with van der Waals surface area (Å²) in [6.07, 6.45) is 3.44. The van der Waals surface area contributed by atoms with Gasteiger partial charge in [0.05, 0.1) is 10.3 Å². The maximum atomic E-state index is 13.1. The number of anilines is 1. The van der Waals surface area contributed by atoms with Gasteiger partial charge in [-0.1, -0.05) is 0 Å². The number of amides is 1. The molecular formula is C18H20N6O2S. The third-order valence-electron chi connectivity index (χ3n) is 4.99. The van der Waals surface area contributed by atoms with Gasteiger partial charge in [0.25, 0.3) is 11.5 Å². The number of piperazine rings is 1. The second-order valence-electron chi connectivity index (χ2n) is 6.59. The van der Waals surface area contributed by atoms with Crippen molar-refractivity contribution in [1.82, 2.24) is 24.4 Å². The lowest BCUT2D eigenvalue weighted by atomic mass is 10.2. The van der Waals surface area contributed by atoms with Crippen LogP contribution >= 0.6 is 11.3 Å². The molecule has 3 aromatic rings. The Kier molecular flexibility index (Phi) is 4.39. The van der Waals surface area contributed by atoms with E-state index in [-0.39, 0.29) is 11.5 Å². The van der Waals surface area contributed by atoms with Gasteiger partial charge >= 0.3 is 0 Å². The molecule has 1 aliphatic rings. The van der Waals surface area contributed by atoms with Crippen LogP contribution in [0.1, 0.15) is 21.1 Å². The van der Waals surface area contributed by atoms with Gasteiger partial charge in [0.2, 0.25) is 5.95 Å². The van der Waals surface area contributed by atoms with E-state index in [1.54, 1.807) is 32.4 Å². The van der Waals surface area contributed by atoms with Crippen LogP contribution in [0.15, 0.2) is 23.3 Å². The molecule has 0 atom stereocenters. The molecule has 1 fully saturated rings. The van der Waals surface area contributed by atoms with Crippen LogP contribution in [0.25, 0.3) is 10.2 Å². The average molecular weight is 384 g/mol. The highest BCUT2D eigenvalue weighted by atomic mass is 32.1. The van der Waals surface area contributed by atoms with Crippen molar-refractivity contribution < 1.29 is 4.79 Å². The Bertz CT molecular complexity index is 1070. The number of hydrogen-bond donors (Lipinski definition) is 0. The van der Waals surface area contributed by atoms with Crippen molar-refractivity contribution in [1.29, 1.82) is 0 Å². The van der Waals surface area contributed by atoms with Crippen LogP contribution in [-0.4, -0.2) is 56.5 Å².